The van der Waals surface area contributed by atoms with Crippen LogP contribution in [-0.2, 0) is 14.4 Å². The predicted octanol–water partition coefficient (Wildman–Crippen LogP) is 39.9. The summed E-state index contributed by atoms with van der Waals surface area (Å²) in [5, 5.41) is 0. The van der Waals surface area contributed by atoms with Crippen molar-refractivity contribution in [2.24, 2.45) is 5.92 Å². The topological polar surface area (TPSA) is 51.2 Å². The van der Waals surface area contributed by atoms with Crippen LogP contribution in [0.4, 0.5) is 0 Å². The molecule has 734 valence electrons. The van der Waals surface area contributed by atoms with Crippen molar-refractivity contribution >= 4 is 17.7 Å². The second-order valence-corrected chi connectivity index (χ2v) is 41.8. The van der Waals surface area contributed by atoms with Crippen LogP contribution in [0.15, 0.2) is 0 Å². The lowest BCUT2D eigenvalue weighted by molar-refractivity contribution is -0.858. The lowest BCUT2D eigenvalue weighted by Crippen LogP contribution is -2.57. The van der Waals surface area contributed by atoms with E-state index < -0.39 is 0 Å². The van der Waals surface area contributed by atoms with Gasteiger partial charge in [-0.25, -0.2) is 14.4 Å². The molecule has 0 saturated heterocycles. The number of carbonyl (C=O) groups is 3. The molecule has 0 N–H and O–H groups in total. The van der Waals surface area contributed by atoms with Crippen molar-refractivity contribution in [2.45, 2.75) is 672 Å². The zero-order valence-electron chi connectivity index (χ0n) is 87.2. The molecule has 6 nitrogen and oxygen atoms in total. The van der Waals surface area contributed by atoms with E-state index in [1.807, 2.05) is 0 Å². The summed E-state index contributed by atoms with van der Waals surface area (Å²) in [4.78, 5) is 50.4. The summed E-state index contributed by atoms with van der Waals surface area (Å²) in [5.41, 5.74) is 0. The van der Waals surface area contributed by atoms with Gasteiger partial charge in [0.1, 0.15) is 0 Å². The summed E-state index contributed by atoms with van der Waals surface area (Å²) in [7, 11) is 0. The number of hydrogen-bond acceptors (Lipinski definition) is 3. The van der Waals surface area contributed by atoms with Crippen LogP contribution in [0.5, 0.6) is 0 Å². The van der Waals surface area contributed by atoms with Gasteiger partial charge in [0.25, 0.3) is 0 Å². The second-order valence-electron chi connectivity index (χ2n) is 41.8. The first-order chi connectivity index (χ1) is 60.6. The second kappa shape index (κ2) is 98.4. The zero-order chi connectivity index (χ0) is 89.3. The van der Waals surface area contributed by atoms with Crippen molar-refractivity contribution in [3.8, 4) is 0 Å². The average Bonchev–Trinajstić information content (AvgIpc) is 0.810. The van der Waals surface area contributed by atoms with Crippen LogP contribution in [0, 0.1) is 5.92 Å². The molecule has 1 atom stereocenters. The maximum atomic E-state index is 17.4. The minimum absolute atomic E-state index is 0.196. The number of rotatable bonds is 107. The molecule has 0 aliphatic heterocycles. The van der Waals surface area contributed by atoms with Crippen LogP contribution >= 0.6 is 0 Å². The van der Waals surface area contributed by atoms with Crippen LogP contribution in [0.1, 0.15) is 672 Å². The Morgan fingerprint density at radius 3 is 0.407 bits per heavy atom. The van der Waals surface area contributed by atoms with Crippen molar-refractivity contribution in [1.29, 1.82) is 0 Å². The summed E-state index contributed by atoms with van der Waals surface area (Å²) in [6.45, 7) is 30.0. The third kappa shape index (κ3) is 77.1. The maximum Gasteiger partial charge on any atom is 0.316 e. The van der Waals surface area contributed by atoms with Crippen molar-refractivity contribution in [2.75, 3.05) is 58.9 Å². The fourth-order valence-corrected chi connectivity index (χ4v) is 21.3. The van der Waals surface area contributed by atoms with Crippen molar-refractivity contribution in [3.63, 3.8) is 0 Å². The fraction of sp³-hybridized carbons (Fsp3) is 0.974. The molecule has 0 saturated carbocycles. The Labute approximate surface area is 777 Å². The number of hydrogen-bond donors (Lipinski definition) is 0. The SMILES string of the molecule is CCCCCCCCCCCC[N+](CCCCCCCCCCCC)(CCCCCCCCCCCC)C(=O)CCCC(CCC(=O)[N+](CCCCCCCCCCCC)(CCCCCCCCCCCC)CCCCCCCCCCCC)C(=O)[N+](CCCCCCCCCCCC)(CCCCCCCCCCCC)CCCCCCCCCCCC. The molecule has 0 rings (SSSR count). The van der Waals surface area contributed by atoms with Crippen molar-refractivity contribution in [1.82, 2.24) is 0 Å². The van der Waals surface area contributed by atoms with E-state index in [1.54, 1.807) is 0 Å². The Kier molecular flexibility index (Phi) is 97.5. The van der Waals surface area contributed by atoms with E-state index in [9.17, 15) is 0 Å². The highest BCUT2D eigenvalue weighted by Crippen LogP contribution is 2.33. The molecule has 123 heavy (non-hydrogen) atoms. The molecule has 1 unspecified atom stereocenters. The molecule has 3 amide bonds. The van der Waals surface area contributed by atoms with E-state index in [0.717, 1.165) is 130 Å². The van der Waals surface area contributed by atoms with Gasteiger partial charge < -0.3 is 0 Å². The summed E-state index contributed by atoms with van der Waals surface area (Å²) in [6.07, 6.45) is 122. The number of carbonyl (C=O) groups excluding carboxylic acids is 3. The first kappa shape index (κ1) is 122. The normalized spacial score (nSPS) is 12.5. The molecule has 6 heteroatoms. The largest absolute Gasteiger partial charge is 0.316 e. The van der Waals surface area contributed by atoms with Gasteiger partial charge in [-0.1, -0.05) is 525 Å². The molecule has 0 bridgehead atoms. The van der Waals surface area contributed by atoms with E-state index in [0.29, 0.717) is 50.4 Å². The molecule has 0 aromatic rings. The van der Waals surface area contributed by atoms with E-state index in [2.05, 4.69) is 62.3 Å². The van der Waals surface area contributed by atoms with E-state index in [-0.39, 0.29) is 5.92 Å². The Bertz CT molecular complexity index is 1890. The smallest absolute Gasteiger partial charge is 0.261 e. The molecule has 0 aliphatic carbocycles. The van der Waals surface area contributed by atoms with Gasteiger partial charge in [0, 0.05) is 0 Å². The summed E-state index contributed by atoms with van der Waals surface area (Å²) >= 11 is 0. The molecule has 0 aromatic carbocycles. The van der Waals surface area contributed by atoms with E-state index in [1.165, 1.54) is 520 Å². The number of unbranched alkanes of at least 4 members (excludes halogenated alkanes) is 81. The Hall–Kier alpha value is -1.11. The Morgan fingerprint density at radius 2 is 0.260 bits per heavy atom. The molecule has 0 spiro atoms. The quantitative estimate of drug-likeness (QED) is 0.0450. The molecule has 0 aliphatic rings. The van der Waals surface area contributed by atoms with Gasteiger partial charge in [0.15, 0.2) is 0 Å². The average molecular weight is 1730 g/mol. The molecular formula is C117H236N3O3+3. The highest BCUT2D eigenvalue weighted by atomic mass is 16.2. The van der Waals surface area contributed by atoms with Gasteiger partial charge >= 0.3 is 17.7 Å². The zero-order valence-corrected chi connectivity index (χ0v) is 87.2. The standard InChI is InChI=1S/C117H236N3O3/c1-10-19-28-37-46-55-64-73-82-91-105-118(106-92-83-74-65-56-47-38-29-20-11-2,107-93-84-75-66-57-48-39-30-21-12-3)115(121)102-100-101-114(117(123)120(111-97-88-79-70-61-52-43-34-25-16-7,112-98-89-80-71-62-53-44-35-26-17-8)113-99-90-81-72-63-54-45-36-27-18-9)103-104-116(122)119(108-94-85-76-67-58-49-40-31-22-13-4,109-95-86-77-68-59-50-41-32-23-14-5)110-96-87-78-69-60-51-42-33-24-15-6/h114H,10-113H2,1-9H3/q+3. The van der Waals surface area contributed by atoms with Crippen LogP contribution < -0.4 is 0 Å². The molecule has 0 heterocycles. The lowest BCUT2D eigenvalue weighted by atomic mass is 9.91. The third-order valence-electron chi connectivity index (χ3n) is 30.0. The first-order valence-electron chi connectivity index (χ1n) is 58.8. The van der Waals surface area contributed by atoms with Gasteiger partial charge in [0.05, 0.1) is 77.7 Å². The summed E-state index contributed by atoms with van der Waals surface area (Å²) < 4.78 is 2.00. The van der Waals surface area contributed by atoms with Crippen LogP contribution in [0.25, 0.3) is 0 Å². The fourth-order valence-electron chi connectivity index (χ4n) is 21.3. The summed E-state index contributed by atoms with van der Waals surface area (Å²) in [6, 6.07) is 0. The predicted molar refractivity (Wildman–Crippen MR) is 553 cm³/mol. The van der Waals surface area contributed by atoms with Crippen LogP contribution in [0.3, 0.4) is 0 Å². The lowest BCUT2D eigenvalue weighted by Gasteiger charge is -2.40. The van der Waals surface area contributed by atoms with E-state index in [4.69, 9.17) is 0 Å². The third-order valence-corrected chi connectivity index (χ3v) is 30.0. The van der Waals surface area contributed by atoms with Gasteiger partial charge in [-0.2, -0.15) is 0 Å². The van der Waals surface area contributed by atoms with E-state index >= 15 is 14.4 Å². The molecule has 0 radical (unpaired) electrons. The van der Waals surface area contributed by atoms with Crippen molar-refractivity contribution in [3.05, 3.63) is 0 Å². The highest BCUT2D eigenvalue weighted by molar-refractivity contribution is 5.75. The minimum Gasteiger partial charge on any atom is -0.261 e. The molecule has 0 aromatic heterocycles. The highest BCUT2D eigenvalue weighted by Gasteiger charge is 2.43. The monoisotopic (exact) mass is 1730 g/mol. The van der Waals surface area contributed by atoms with Gasteiger partial charge in [-0.05, 0) is 135 Å². The number of amides is 3. The minimum atomic E-state index is -0.196. The van der Waals surface area contributed by atoms with Crippen LogP contribution in [-0.4, -0.2) is 90.1 Å². The van der Waals surface area contributed by atoms with Gasteiger partial charge in [-0.3, -0.25) is 13.4 Å². The molecule has 0 fully saturated rings. The maximum absolute atomic E-state index is 17.4. The first-order valence-corrected chi connectivity index (χ1v) is 58.8. The summed E-state index contributed by atoms with van der Waals surface area (Å²) in [5.74, 6) is 1.32. The number of nitrogens with zero attached hydrogens (tertiary/aromatic N) is 3. The van der Waals surface area contributed by atoms with Gasteiger partial charge in [0.2, 0.25) is 0 Å². The van der Waals surface area contributed by atoms with Crippen LogP contribution in [0.2, 0.25) is 0 Å². The molecular weight excluding hydrogens is 1500 g/mol. The Balaban J connectivity index is 8.48. The number of quaternary nitrogens is 3. The van der Waals surface area contributed by atoms with Crippen molar-refractivity contribution < 1.29 is 27.8 Å². The Morgan fingerprint density at radius 1 is 0.138 bits per heavy atom. The van der Waals surface area contributed by atoms with Gasteiger partial charge in [-0.15, -0.1) is 0 Å².